The molecule has 172 valence electrons. The SMILES string of the molecule is CC(NC(=NCC(=O)N(C)C)NCCN1CCOCC1)c1cccc(N2CCCC2)c1. The van der Waals surface area contributed by atoms with Crippen molar-refractivity contribution in [2.45, 2.75) is 25.8 Å². The highest BCUT2D eigenvalue weighted by Crippen LogP contribution is 2.23. The zero-order chi connectivity index (χ0) is 22.1. The van der Waals surface area contributed by atoms with Gasteiger partial charge in [0.1, 0.15) is 6.54 Å². The molecular weight excluding hydrogens is 392 g/mol. The number of nitrogens with zero attached hydrogens (tertiary/aromatic N) is 4. The predicted molar refractivity (Wildman–Crippen MR) is 126 cm³/mol. The van der Waals surface area contributed by atoms with Crippen molar-refractivity contribution in [2.75, 3.05) is 78.0 Å². The lowest BCUT2D eigenvalue weighted by Crippen LogP contribution is -2.45. The second kappa shape index (κ2) is 11.9. The third kappa shape index (κ3) is 7.40. The maximum Gasteiger partial charge on any atom is 0.243 e. The van der Waals surface area contributed by atoms with Crippen LogP contribution in [-0.4, -0.2) is 94.8 Å². The number of benzene rings is 1. The molecule has 1 aromatic carbocycles. The molecular formula is C23H38N6O2. The van der Waals surface area contributed by atoms with Crippen LogP contribution in [0.25, 0.3) is 0 Å². The number of ether oxygens (including phenoxy) is 1. The summed E-state index contributed by atoms with van der Waals surface area (Å²) in [5.74, 6) is 0.653. The zero-order valence-corrected chi connectivity index (χ0v) is 19.3. The Kier molecular flexibility index (Phi) is 8.97. The molecule has 2 fully saturated rings. The number of rotatable bonds is 8. The van der Waals surface area contributed by atoms with E-state index in [2.05, 4.69) is 56.6 Å². The summed E-state index contributed by atoms with van der Waals surface area (Å²) in [4.78, 5) is 23.0. The van der Waals surface area contributed by atoms with Crippen LogP contribution in [0.1, 0.15) is 31.4 Å². The molecule has 0 bridgehead atoms. The average Bonchev–Trinajstić information content (AvgIpc) is 3.33. The molecule has 2 aliphatic heterocycles. The Bertz CT molecular complexity index is 727. The van der Waals surface area contributed by atoms with Crippen LogP contribution in [0.15, 0.2) is 29.3 Å². The van der Waals surface area contributed by atoms with Crippen LogP contribution in [0, 0.1) is 0 Å². The largest absolute Gasteiger partial charge is 0.379 e. The molecule has 2 N–H and O–H groups in total. The maximum atomic E-state index is 12.1. The van der Waals surface area contributed by atoms with Gasteiger partial charge in [0.05, 0.1) is 19.3 Å². The van der Waals surface area contributed by atoms with Gasteiger partial charge >= 0.3 is 0 Å². The first-order chi connectivity index (χ1) is 15.0. The average molecular weight is 431 g/mol. The minimum Gasteiger partial charge on any atom is -0.379 e. The van der Waals surface area contributed by atoms with Crippen LogP contribution in [0.2, 0.25) is 0 Å². The monoisotopic (exact) mass is 430 g/mol. The van der Waals surface area contributed by atoms with Gasteiger partial charge in [0.25, 0.3) is 0 Å². The molecule has 0 aliphatic carbocycles. The predicted octanol–water partition coefficient (Wildman–Crippen LogP) is 1.30. The van der Waals surface area contributed by atoms with Crippen molar-refractivity contribution < 1.29 is 9.53 Å². The highest BCUT2D eigenvalue weighted by molar-refractivity contribution is 5.85. The summed E-state index contributed by atoms with van der Waals surface area (Å²) in [6, 6.07) is 8.80. The fraction of sp³-hybridized carbons (Fsp3) is 0.652. The van der Waals surface area contributed by atoms with Gasteiger partial charge in [0.2, 0.25) is 5.91 Å². The number of anilines is 1. The van der Waals surface area contributed by atoms with Gasteiger partial charge in [0.15, 0.2) is 5.96 Å². The Labute approximate surface area is 186 Å². The normalized spacial score (nSPS) is 18.7. The highest BCUT2D eigenvalue weighted by atomic mass is 16.5. The van der Waals surface area contributed by atoms with Gasteiger partial charge in [-0.3, -0.25) is 9.69 Å². The molecule has 8 heteroatoms. The lowest BCUT2D eigenvalue weighted by molar-refractivity contribution is -0.127. The molecule has 0 radical (unpaired) electrons. The van der Waals surface area contributed by atoms with E-state index in [0.29, 0.717) is 5.96 Å². The summed E-state index contributed by atoms with van der Waals surface area (Å²) >= 11 is 0. The number of guanidine groups is 1. The van der Waals surface area contributed by atoms with Gasteiger partial charge in [0, 0.05) is 59.1 Å². The van der Waals surface area contributed by atoms with E-state index in [4.69, 9.17) is 4.74 Å². The lowest BCUT2D eigenvalue weighted by Gasteiger charge is -2.27. The number of hydrogen-bond acceptors (Lipinski definition) is 5. The number of nitrogens with one attached hydrogen (secondary N) is 2. The fourth-order valence-corrected chi connectivity index (χ4v) is 3.85. The number of amides is 1. The van der Waals surface area contributed by atoms with Crippen LogP contribution in [-0.2, 0) is 9.53 Å². The second-order valence-electron chi connectivity index (χ2n) is 8.49. The number of likely N-dealkylation sites (N-methyl/N-ethyl adjacent to an activating group) is 1. The molecule has 1 amide bonds. The zero-order valence-electron chi connectivity index (χ0n) is 19.3. The molecule has 2 aliphatic rings. The molecule has 8 nitrogen and oxygen atoms in total. The molecule has 0 saturated carbocycles. The van der Waals surface area contributed by atoms with E-state index in [1.807, 2.05) is 0 Å². The molecule has 0 aromatic heterocycles. The van der Waals surface area contributed by atoms with Gasteiger partial charge in [-0.2, -0.15) is 0 Å². The molecule has 1 atom stereocenters. The van der Waals surface area contributed by atoms with E-state index in [1.165, 1.54) is 24.1 Å². The van der Waals surface area contributed by atoms with Gasteiger partial charge < -0.3 is 25.2 Å². The Morgan fingerprint density at radius 2 is 1.94 bits per heavy atom. The van der Waals surface area contributed by atoms with Crippen molar-refractivity contribution in [1.29, 1.82) is 0 Å². The van der Waals surface area contributed by atoms with Crippen LogP contribution in [0.4, 0.5) is 5.69 Å². The first kappa shape index (κ1) is 23.3. The first-order valence-corrected chi connectivity index (χ1v) is 11.4. The maximum absolute atomic E-state index is 12.1. The van der Waals surface area contributed by atoms with Crippen molar-refractivity contribution in [1.82, 2.24) is 20.4 Å². The van der Waals surface area contributed by atoms with Crippen molar-refractivity contribution >= 4 is 17.6 Å². The van der Waals surface area contributed by atoms with E-state index in [9.17, 15) is 4.79 Å². The van der Waals surface area contributed by atoms with Crippen molar-refractivity contribution in [3.8, 4) is 0 Å². The highest BCUT2D eigenvalue weighted by Gasteiger charge is 2.15. The third-order valence-electron chi connectivity index (χ3n) is 5.89. The van der Waals surface area contributed by atoms with Crippen molar-refractivity contribution in [2.24, 2.45) is 4.99 Å². The molecule has 1 aromatic rings. The van der Waals surface area contributed by atoms with Crippen molar-refractivity contribution in [3.05, 3.63) is 29.8 Å². The van der Waals surface area contributed by atoms with Gasteiger partial charge in [-0.05, 0) is 37.5 Å². The molecule has 31 heavy (non-hydrogen) atoms. The number of morpholine rings is 1. The van der Waals surface area contributed by atoms with Crippen LogP contribution in [0.5, 0.6) is 0 Å². The van der Waals surface area contributed by atoms with Crippen LogP contribution in [0.3, 0.4) is 0 Å². The quantitative estimate of drug-likeness (QED) is 0.479. The van der Waals surface area contributed by atoms with E-state index >= 15 is 0 Å². The summed E-state index contributed by atoms with van der Waals surface area (Å²) < 4.78 is 5.42. The fourth-order valence-electron chi connectivity index (χ4n) is 3.85. The summed E-state index contributed by atoms with van der Waals surface area (Å²) in [6.07, 6.45) is 2.53. The van der Waals surface area contributed by atoms with E-state index in [1.54, 1.807) is 19.0 Å². The number of carbonyl (C=O) groups excluding carboxylic acids is 1. The lowest BCUT2D eigenvalue weighted by atomic mass is 10.1. The minimum absolute atomic E-state index is 0.0158. The summed E-state index contributed by atoms with van der Waals surface area (Å²) in [6.45, 7) is 9.72. The Morgan fingerprint density at radius 1 is 1.19 bits per heavy atom. The van der Waals surface area contributed by atoms with E-state index in [0.717, 1.165) is 52.5 Å². The van der Waals surface area contributed by atoms with Crippen LogP contribution >= 0.6 is 0 Å². The van der Waals surface area contributed by atoms with Gasteiger partial charge in [-0.25, -0.2) is 4.99 Å². The Balaban J connectivity index is 1.61. The smallest absolute Gasteiger partial charge is 0.243 e. The number of carbonyl (C=O) groups is 1. The number of hydrogen-bond donors (Lipinski definition) is 2. The molecule has 0 spiro atoms. The minimum atomic E-state index is -0.0158. The Hall–Kier alpha value is -2.32. The standard InChI is InChI=1S/C23H38N6O2/c1-19(20-7-6-8-21(17-20)29-10-4-5-11-29)26-23(25-18-22(30)27(2)3)24-9-12-28-13-15-31-16-14-28/h6-8,17,19H,4-5,9-16,18H2,1-3H3,(H2,24,25,26). The molecule has 3 rings (SSSR count). The molecule has 2 heterocycles. The van der Waals surface area contributed by atoms with E-state index < -0.39 is 0 Å². The number of aliphatic imine (C=N–C) groups is 1. The summed E-state index contributed by atoms with van der Waals surface area (Å²) in [5.41, 5.74) is 2.50. The third-order valence-corrected chi connectivity index (χ3v) is 5.89. The van der Waals surface area contributed by atoms with E-state index in [-0.39, 0.29) is 18.5 Å². The second-order valence-corrected chi connectivity index (χ2v) is 8.49. The van der Waals surface area contributed by atoms with Crippen molar-refractivity contribution in [3.63, 3.8) is 0 Å². The van der Waals surface area contributed by atoms with Gasteiger partial charge in [-0.1, -0.05) is 12.1 Å². The molecule has 2 saturated heterocycles. The Morgan fingerprint density at radius 3 is 2.65 bits per heavy atom. The van der Waals surface area contributed by atoms with Gasteiger partial charge in [-0.15, -0.1) is 0 Å². The summed E-state index contributed by atoms with van der Waals surface area (Å²) in [5, 5.41) is 6.90. The molecule has 1 unspecified atom stereocenters. The van der Waals surface area contributed by atoms with Crippen LogP contribution < -0.4 is 15.5 Å². The topological polar surface area (TPSA) is 72.4 Å². The summed E-state index contributed by atoms with van der Waals surface area (Å²) in [7, 11) is 3.51. The first-order valence-electron chi connectivity index (χ1n) is 11.4.